The molecule has 25 heavy (non-hydrogen) atoms. The summed E-state index contributed by atoms with van der Waals surface area (Å²) in [5.74, 6) is -0.625. The molecule has 0 fully saturated rings. The van der Waals surface area contributed by atoms with Crippen LogP contribution in [0.3, 0.4) is 0 Å². The topological polar surface area (TPSA) is 94.3 Å². The van der Waals surface area contributed by atoms with Gasteiger partial charge in [0.05, 0.1) is 12.7 Å². The summed E-state index contributed by atoms with van der Waals surface area (Å²) in [7, 11) is 1.32. The highest BCUT2D eigenvalue weighted by molar-refractivity contribution is 5.90. The lowest BCUT2D eigenvalue weighted by Gasteiger charge is -2.04. The van der Waals surface area contributed by atoms with Gasteiger partial charge in [0.25, 0.3) is 0 Å². The van der Waals surface area contributed by atoms with Gasteiger partial charge in [-0.05, 0) is 17.7 Å². The summed E-state index contributed by atoms with van der Waals surface area (Å²) in [6.45, 7) is 0.267. The Morgan fingerprint density at radius 1 is 1.08 bits per heavy atom. The first-order valence-corrected chi connectivity index (χ1v) is 7.52. The maximum absolute atomic E-state index is 12.1. The fourth-order valence-corrected chi connectivity index (χ4v) is 2.15. The van der Waals surface area contributed by atoms with Gasteiger partial charge in [0.15, 0.2) is 0 Å². The Kier molecular flexibility index (Phi) is 4.84. The molecular formula is C18H15N3O4. The van der Waals surface area contributed by atoms with Gasteiger partial charge in [-0.2, -0.15) is 4.98 Å². The number of nitrogens with zero attached hydrogens (tertiary/aromatic N) is 2. The predicted octanol–water partition coefficient (Wildman–Crippen LogP) is 2.45. The molecule has 0 spiro atoms. The van der Waals surface area contributed by atoms with Gasteiger partial charge in [-0.15, -0.1) is 0 Å². The van der Waals surface area contributed by atoms with Gasteiger partial charge in [0.2, 0.25) is 5.82 Å². The van der Waals surface area contributed by atoms with E-state index in [9.17, 15) is 9.59 Å². The van der Waals surface area contributed by atoms with Gasteiger partial charge in [0, 0.05) is 12.1 Å². The van der Waals surface area contributed by atoms with E-state index >= 15 is 0 Å². The number of hydrogen-bond donors (Lipinski definition) is 1. The highest BCUT2D eigenvalue weighted by atomic mass is 16.5. The second kappa shape index (κ2) is 7.39. The molecule has 1 amide bonds. The minimum atomic E-state index is -0.466. The molecule has 1 heterocycles. The standard InChI is InChI=1S/C18H15N3O4/c1-24-18(23)14-9-7-12(8-10-14)11-19-16(22)17-20-15(21-25-17)13-5-3-2-4-6-13/h2-10H,11H2,1H3,(H,19,22). The van der Waals surface area contributed by atoms with Crippen molar-refractivity contribution in [1.82, 2.24) is 15.5 Å². The van der Waals surface area contributed by atoms with E-state index in [0.717, 1.165) is 11.1 Å². The third kappa shape index (κ3) is 3.89. The van der Waals surface area contributed by atoms with Crippen LogP contribution in [0.5, 0.6) is 0 Å². The third-order valence-electron chi connectivity index (χ3n) is 3.48. The number of esters is 1. The predicted molar refractivity (Wildman–Crippen MR) is 88.7 cm³/mol. The van der Waals surface area contributed by atoms with Crippen molar-refractivity contribution in [2.24, 2.45) is 0 Å². The van der Waals surface area contributed by atoms with Crippen LogP contribution in [0.4, 0.5) is 0 Å². The van der Waals surface area contributed by atoms with Gasteiger partial charge in [0.1, 0.15) is 0 Å². The molecule has 0 bridgehead atoms. The summed E-state index contributed by atoms with van der Waals surface area (Å²) in [5.41, 5.74) is 2.04. The molecule has 0 aliphatic carbocycles. The first-order chi connectivity index (χ1) is 12.2. The van der Waals surface area contributed by atoms with E-state index in [2.05, 4.69) is 20.2 Å². The first-order valence-electron chi connectivity index (χ1n) is 7.52. The fraction of sp³-hybridized carbons (Fsp3) is 0.111. The Bertz CT molecular complexity index is 873. The van der Waals surface area contributed by atoms with E-state index in [4.69, 9.17) is 4.52 Å². The van der Waals surface area contributed by atoms with Crippen LogP contribution in [0.1, 0.15) is 26.6 Å². The maximum atomic E-state index is 12.1. The largest absolute Gasteiger partial charge is 0.465 e. The molecule has 0 radical (unpaired) electrons. The van der Waals surface area contributed by atoms with Crippen LogP contribution in [-0.2, 0) is 11.3 Å². The zero-order valence-electron chi connectivity index (χ0n) is 13.4. The summed E-state index contributed by atoms with van der Waals surface area (Å²) >= 11 is 0. The second-order valence-electron chi connectivity index (χ2n) is 5.16. The SMILES string of the molecule is COC(=O)c1ccc(CNC(=O)c2nc(-c3ccccc3)no2)cc1. The molecule has 0 unspecified atom stereocenters. The van der Waals surface area contributed by atoms with Crippen molar-refractivity contribution in [3.63, 3.8) is 0 Å². The lowest BCUT2D eigenvalue weighted by atomic mass is 10.1. The Hall–Kier alpha value is -3.48. The van der Waals surface area contributed by atoms with E-state index in [0.29, 0.717) is 11.4 Å². The maximum Gasteiger partial charge on any atom is 0.337 e. The van der Waals surface area contributed by atoms with Crippen molar-refractivity contribution in [3.05, 3.63) is 71.6 Å². The molecular weight excluding hydrogens is 322 g/mol. The first kappa shape index (κ1) is 16.4. The zero-order valence-corrected chi connectivity index (χ0v) is 13.4. The molecule has 7 heteroatoms. The van der Waals surface area contributed by atoms with Crippen molar-refractivity contribution in [2.45, 2.75) is 6.54 Å². The van der Waals surface area contributed by atoms with E-state index in [1.807, 2.05) is 30.3 Å². The normalized spacial score (nSPS) is 10.3. The van der Waals surface area contributed by atoms with Gasteiger partial charge in [-0.1, -0.05) is 47.6 Å². The van der Waals surface area contributed by atoms with Crippen molar-refractivity contribution in [3.8, 4) is 11.4 Å². The number of ether oxygens (including phenoxy) is 1. The van der Waals surface area contributed by atoms with Crippen LogP contribution in [-0.4, -0.2) is 29.1 Å². The number of benzene rings is 2. The highest BCUT2D eigenvalue weighted by Crippen LogP contribution is 2.14. The Balaban J connectivity index is 1.61. The van der Waals surface area contributed by atoms with Gasteiger partial charge >= 0.3 is 17.8 Å². The Morgan fingerprint density at radius 2 is 1.80 bits per heavy atom. The number of rotatable bonds is 5. The molecule has 3 rings (SSSR count). The molecule has 1 N–H and O–H groups in total. The lowest BCUT2D eigenvalue weighted by molar-refractivity contribution is 0.0600. The monoisotopic (exact) mass is 337 g/mol. The molecule has 1 aromatic heterocycles. The van der Waals surface area contributed by atoms with Crippen molar-refractivity contribution in [2.75, 3.05) is 7.11 Å². The van der Waals surface area contributed by atoms with Crippen molar-refractivity contribution in [1.29, 1.82) is 0 Å². The molecule has 0 saturated carbocycles. The number of aromatic nitrogens is 2. The highest BCUT2D eigenvalue weighted by Gasteiger charge is 2.15. The molecule has 3 aromatic rings. The van der Waals surface area contributed by atoms with Crippen LogP contribution in [0.15, 0.2) is 59.1 Å². The summed E-state index contributed by atoms with van der Waals surface area (Å²) in [4.78, 5) is 27.6. The van der Waals surface area contributed by atoms with Crippen LogP contribution >= 0.6 is 0 Å². The molecule has 0 saturated heterocycles. The van der Waals surface area contributed by atoms with Crippen LogP contribution in [0.2, 0.25) is 0 Å². The van der Waals surface area contributed by atoms with Crippen LogP contribution in [0, 0.1) is 0 Å². The Labute approximate surface area is 143 Å². The quantitative estimate of drug-likeness (QED) is 0.719. The molecule has 0 atom stereocenters. The van der Waals surface area contributed by atoms with Gasteiger partial charge < -0.3 is 14.6 Å². The van der Waals surface area contributed by atoms with Gasteiger partial charge in [-0.25, -0.2) is 4.79 Å². The zero-order chi connectivity index (χ0) is 17.6. The number of carbonyl (C=O) groups is 2. The van der Waals surface area contributed by atoms with Crippen molar-refractivity contribution < 1.29 is 18.8 Å². The average molecular weight is 337 g/mol. The smallest absolute Gasteiger partial charge is 0.337 e. The minimum Gasteiger partial charge on any atom is -0.465 e. The second-order valence-corrected chi connectivity index (χ2v) is 5.16. The summed E-state index contributed by atoms with van der Waals surface area (Å²) in [6, 6.07) is 16.0. The van der Waals surface area contributed by atoms with Crippen LogP contribution in [0.25, 0.3) is 11.4 Å². The number of hydrogen-bond acceptors (Lipinski definition) is 6. The van der Waals surface area contributed by atoms with E-state index in [1.165, 1.54) is 7.11 Å². The molecule has 0 aliphatic rings. The number of amides is 1. The van der Waals surface area contributed by atoms with E-state index in [-0.39, 0.29) is 12.4 Å². The minimum absolute atomic E-state index is 0.106. The van der Waals surface area contributed by atoms with E-state index in [1.54, 1.807) is 24.3 Å². The number of methoxy groups -OCH3 is 1. The summed E-state index contributed by atoms with van der Waals surface area (Å²) in [5, 5.41) is 6.50. The third-order valence-corrected chi connectivity index (χ3v) is 3.48. The molecule has 7 nitrogen and oxygen atoms in total. The number of carbonyl (C=O) groups excluding carboxylic acids is 2. The van der Waals surface area contributed by atoms with Crippen LogP contribution < -0.4 is 5.32 Å². The van der Waals surface area contributed by atoms with E-state index < -0.39 is 11.9 Å². The summed E-state index contributed by atoms with van der Waals surface area (Å²) < 4.78 is 9.63. The lowest BCUT2D eigenvalue weighted by Crippen LogP contribution is -2.23. The number of nitrogens with one attached hydrogen (secondary N) is 1. The van der Waals surface area contributed by atoms with Crippen molar-refractivity contribution >= 4 is 11.9 Å². The van der Waals surface area contributed by atoms with Gasteiger partial charge in [-0.3, -0.25) is 4.79 Å². The average Bonchev–Trinajstić information content (AvgIpc) is 3.17. The fourth-order valence-electron chi connectivity index (χ4n) is 2.15. The molecule has 2 aromatic carbocycles. The molecule has 126 valence electrons. The Morgan fingerprint density at radius 3 is 2.48 bits per heavy atom. The summed E-state index contributed by atoms with van der Waals surface area (Å²) in [6.07, 6.45) is 0. The molecule has 0 aliphatic heterocycles.